The highest BCUT2D eigenvalue weighted by atomic mass is 35.5. The molecule has 0 atom stereocenters. The van der Waals surface area contributed by atoms with Crippen LogP contribution >= 0.6 is 22.9 Å². The Bertz CT molecular complexity index is 508. The lowest BCUT2D eigenvalue weighted by atomic mass is 10.2. The monoisotopic (exact) mass is 280 g/mol. The number of ether oxygens (including phenoxy) is 1. The van der Waals surface area contributed by atoms with E-state index >= 15 is 0 Å². The van der Waals surface area contributed by atoms with Crippen LogP contribution in [0.5, 0.6) is 0 Å². The van der Waals surface area contributed by atoms with E-state index in [1.165, 1.54) is 11.3 Å². The van der Waals surface area contributed by atoms with Crippen molar-refractivity contribution in [3.05, 3.63) is 57.2 Å². The summed E-state index contributed by atoms with van der Waals surface area (Å²) in [5, 5.41) is 0. The van der Waals surface area contributed by atoms with E-state index < -0.39 is 0 Å². The van der Waals surface area contributed by atoms with E-state index in [4.69, 9.17) is 16.3 Å². The van der Waals surface area contributed by atoms with E-state index in [0.717, 1.165) is 14.8 Å². The second-order valence-electron chi connectivity index (χ2n) is 3.85. The summed E-state index contributed by atoms with van der Waals surface area (Å²) in [4.78, 5) is 12.7. The third-order valence-electron chi connectivity index (χ3n) is 2.45. The second-order valence-corrected chi connectivity index (χ2v) is 5.65. The van der Waals surface area contributed by atoms with Gasteiger partial charge in [0.1, 0.15) is 6.61 Å². The third kappa shape index (κ3) is 4.17. The fraction of sp³-hybridized carbons (Fsp3) is 0.214. The summed E-state index contributed by atoms with van der Waals surface area (Å²) in [7, 11) is 0. The molecule has 0 aliphatic rings. The van der Waals surface area contributed by atoms with Gasteiger partial charge in [-0.25, -0.2) is 0 Å². The van der Waals surface area contributed by atoms with Gasteiger partial charge in [-0.15, -0.1) is 11.3 Å². The van der Waals surface area contributed by atoms with Gasteiger partial charge >= 0.3 is 5.97 Å². The smallest absolute Gasteiger partial charge is 0.306 e. The van der Waals surface area contributed by atoms with Crippen molar-refractivity contribution in [3.8, 4) is 0 Å². The highest BCUT2D eigenvalue weighted by Crippen LogP contribution is 2.22. The zero-order chi connectivity index (χ0) is 12.8. The van der Waals surface area contributed by atoms with Gasteiger partial charge in [0, 0.05) is 4.88 Å². The van der Waals surface area contributed by atoms with E-state index in [9.17, 15) is 4.79 Å². The van der Waals surface area contributed by atoms with Crippen LogP contribution in [-0.2, 0) is 22.6 Å². The van der Waals surface area contributed by atoms with Gasteiger partial charge in [-0.2, -0.15) is 0 Å². The van der Waals surface area contributed by atoms with Crippen LogP contribution in [0.15, 0.2) is 42.5 Å². The van der Waals surface area contributed by atoms with Crippen LogP contribution in [0.4, 0.5) is 0 Å². The predicted octanol–water partition coefficient (Wildman–Crippen LogP) is 4.08. The van der Waals surface area contributed by atoms with E-state index in [-0.39, 0.29) is 5.97 Å². The van der Waals surface area contributed by atoms with E-state index in [2.05, 4.69) is 0 Å². The normalized spacial score (nSPS) is 10.3. The van der Waals surface area contributed by atoms with Crippen molar-refractivity contribution in [3.63, 3.8) is 0 Å². The molecule has 0 N–H and O–H groups in total. The summed E-state index contributed by atoms with van der Waals surface area (Å²) in [5.41, 5.74) is 1.00. The van der Waals surface area contributed by atoms with Gasteiger partial charge < -0.3 is 4.74 Å². The molecule has 2 rings (SSSR count). The Morgan fingerprint density at radius 1 is 1.17 bits per heavy atom. The minimum atomic E-state index is -0.177. The lowest BCUT2D eigenvalue weighted by Crippen LogP contribution is -2.05. The molecule has 0 fully saturated rings. The first-order valence-electron chi connectivity index (χ1n) is 5.68. The summed E-state index contributed by atoms with van der Waals surface area (Å²) in [6.07, 6.45) is 1.08. The van der Waals surface area contributed by atoms with Crippen LogP contribution in [0.3, 0.4) is 0 Å². The highest BCUT2D eigenvalue weighted by Gasteiger charge is 2.05. The maximum absolute atomic E-state index is 11.5. The van der Waals surface area contributed by atoms with Gasteiger partial charge in [0.2, 0.25) is 0 Å². The van der Waals surface area contributed by atoms with Gasteiger partial charge in [0.25, 0.3) is 0 Å². The van der Waals surface area contributed by atoms with Crippen LogP contribution in [-0.4, -0.2) is 5.97 Å². The van der Waals surface area contributed by atoms with Crippen molar-refractivity contribution in [2.45, 2.75) is 19.4 Å². The maximum Gasteiger partial charge on any atom is 0.306 e. The lowest BCUT2D eigenvalue weighted by Gasteiger charge is -2.04. The first-order valence-corrected chi connectivity index (χ1v) is 6.87. The first-order chi connectivity index (χ1) is 8.74. The van der Waals surface area contributed by atoms with Gasteiger partial charge in [-0.1, -0.05) is 41.9 Å². The zero-order valence-corrected chi connectivity index (χ0v) is 11.3. The minimum Gasteiger partial charge on any atom is -0.461 e. The summed E-state index contributed by atoms with van der Waals surface area (Å²) in [5.74, 6) is -0.177. The standard InChI is InChI=1S/C14H13ClO2S/c15-13-8-6-12(18-13)7-9-14(16)17-10-11-4-2-1-3-5-11/h1-6,8H,7,9-10H2. The fourth-order valence-electron chi connectivity index (χ4n) is 1.52. The topological polar surface area (TPSA) is 26.3 Å². The molecule has 1 aromatic heterocycles. The molecule has 0 spiro atoms. The SMILES string of the molecule is O=C(CCc1ccc(Cl)s1)OCc1ccccc1. The number of carbonyl (C=O) groups excluding carboxylic acids is 1. The number of hydrogen-bond donors (Lipinski definition) is 0. The van der Waals surface area contributed by atoms with Crippen LogP contribution in [0.1, 0.15) is 16.9 Å². The lowest BCUT2D eigenvalue weighted by molar-refractivity contribution is -0.144. The Labute approximate surface area is 115 Å². The maximum atomic E-state index is 11.5. The number of thiophene rings is 1. The van der Waals surface area contributed by atoms with Gasteiger partial charge in [0.05, 0.1) is 10.8 Å². The number of benzene rings is 1. The molecule has 0 radical (unpaired) electrons. The second kappa shape index (κ2) is 6.57. The summed E-state index contributed by atoms with van der Waals surface area (Å²) in [6.45, 7) is 0.338. The number of halogens is 1. The van der Waals surface area contributed by atoms with Crippen LogP contribution in [0, 0.1) is 0 Å². The molecule has 18 heavy (non-hydrogen) atoms. The van der Waals surface area contributed by atoms with E-state index in [1.54, 1.807) is 0 Å². The Balaban J connectivity index is 1.73. The molecule has 2 aromatic rings. The molecule has 4 heteroatoms. The molecule has 0 unspecified atom stereocenters. The average molecular weight is 281 g/mol. The summed E-state index contributed by atoms with van der Waals surface area (Å²) in [6, 6.07) is 13.5. The van der Waals surface area contributed by atoms with Crippen molar-refractivity contribution in [2.24, 2.45) is 0 Å². The molecule has 1 heterocycles. The van der Waals surface area contributed by atoms with Crippen molar-refractivity contribution in [1.82, 2.24) is 0 Å². The molecule has 1 aromatic carbocycles. The number of rotatable bonds is 5. The molecule has 0 amide bonds. The van der Waals surface area contributed by atoms with Crippen molar-refractivity contribution in [1.29, 1.82) is 0 Å². The van der Waals surface area contributed by atoms with Crippen LogP contribution < -0.4 is 0 Å². The number of hydrogen-bond acceptors (Lipinski definition) is 3. The number of esters is 1. The Hall–Kier alpha value is -1.32. The van der Waals surface area contributed by atoms with Crippen molar-refractivity contribution >= 4 is 28.9 Å². The van der Waals surface area contributed by atoms with Crippen LogP contribution in [0.2, 0.25) is 4.34 Å². The number of aryl methyl sites for hydroxylation is 1. The summed E-state index contributed by atoms with van der Waals surface area (Å²) < 4.78 is 5.94. The molecule has 0 aliphatic heterocycles. The molecule has 0 saturated heterocycles. The van der Waals surface area contributed by atoms with Gasteiger partial charge in [-0.3, -0.25) is 4.79 Å². The van der Waals surface area contributed by atoms with Gasteiger partial charge in [-0.05, 0) is 24.1 Å². The summed E-state index contributed by atoms with van der Waals surface area (Å²) >= 11 is 7.32. The Morgan fingerprint density at radius 2 is 1.94 bits per heavy atom. The van der Waals surface area contributed by atoms with Crippen molar-refractivity contribution in [2.75, 3.05) is 0 Å². The fourth-order valence-corrected chi connectivity index (χ4v) is 2.61. The molecule has 0 bridgehead atoms. The van der Waals surface area contributed by atoms with E-state index in [0.29, 0.717) is 19.4 Å². The quantitative estimate of drug-likeness (QED) is 0.772. The van der Waals surface area contributed by atoms with Crippen LogP contribution in [0.25, 0.3) is 0 Å². The van der Waals surface area contributed by atoms with Crippen molar-refractivity contribution < 1.29 is 9.53 Å². The molecule has 2 nitrogen and oxygen atoms in total. The highest BCUT2D eigenvalue weighted by molar-refractivity contribution is 7.16. The average Bonchev–Trinajstić information content (AvgIpc) is 2.81. The minimum absolute atomic E-state index is 0.177. The first kappa shape index (κ1) is 13.1. The molecule has 0 aliphatic carbocycles. The van der Waals surface area contributed by atoms with E-state index in [1.807, 2.05) is 42.5 Å². The number of carbonyl (C=O) groups is 1. The third-order valence-corrected chi connectivity index (χ3v) is 3.74. The molecule has 94 valence electrons. The van der Waals surface area contributed by atoms with Gasteiger partial charge in [0.15, 0.2) is 0 Å². The zero-order valence-electron chi connectivity index (χ0n) is 9.77. The molecular weight excluding hydrogens is 268 g/mol. The predicted molar refractivity (Wildman–Crippen MR) is 73.9 cm³/mol. The Kier molecular flexibility index (Phi) is 4.79. The largest absolute Gasteiger partial charge is 0.461 e. The molecule has 0 saturated carbocycles. The molecular formula is C14H13ClO2S. The Morgan fingerprint density at radius 3 is 2.61 bits per heavy atom.